The molecule has 2 N–H and O–H groups in total. The van der Waals surface area contributed by atoms with E-state index in [1.165, 1.54) is 0 Å². The van der Waals surface area contributed by atoms with Gasteiger partial charge in [-0.05, 0) is 23.6 Å². The lowest BCUT2D eigenvalue weighted by atomic mass is 9.86. The molecule has 6 heteroatoms. The molecule has 3 aromatic rings. The number of rotatable bonds is 4. The van der Waals surface area contributed by atoms with Crippen LogP contribution in [-0.4, -0.2) is 57.4 Å². The van der Waals surface area contributed by atoms with Crippen LogP contribution in [0.4, 0.5) is 0 Å². The Bertz CT molecular complexity index is 1080. The summed E-state index contributed by atoms with van der Waals surface area (Å²) >= 11 is 0. The Hall–Kier alpha value is -3.12. The molecule has 2 aliphatic rings. The van der Waals surface area contributed by atoms with Crippen LogP contribution in [0.25, 0.3) is 10.9 Å². The second-order valence-corrected chi connectivity index (χ2v) is 7.73. The zero-order chi connectivity index (χ0) is 20.0. The number of aromatic nitrogens is 1. The first-order valence-corrected chi connectivity index (χ1v) is 10.0. The molecule has 1 aromatic heterocycles. The van der Waals surface area contributed by atoms with Crippen molar-refractivity contribution >= 4 is 22.7 Å². The highest BCUT2D eigenvalue weighted by Gasteiger charge is 2.47. The van der Waals surface area contributed by atoms with Crippen LogP contribution in [0.3, 0.4) is 0 Å². The molecule has 5 rings (SSSR count). The maximum Gasteiger partial charge on any atom is 0.246 e. The third-order valence-electron chi connectivity index (χ3n) is 6.04. The largest absolute Gasteiger partial charge is 0.396 e. The molecular formula is C23H23N3O3. The first kappa shape index (κ1) is 17.9. The molecular weight excluding hydrogens is 366 g/mol. The van der Waals surface area contributed by atoms with E-state index in [1.54, 1.807) is 9.80 Å². The van der Waals surface area contributed by atoms with Gasteiger partial charge >= 0.3 is 0 Å². The topological polar surface area (TPSA) is 76.6 Å². The molecule has 2 aromatic carbocycles. The Balaban J connectivity index is 1.66. The van der Waals surface area contributed by atoms with Crippen molar-refractivity contribution in [1.82, 2.24) is 14.8 Å². The van der Waals surface area contributed by atoms with E-state index < -0.39 is 6.04 Å². The monoisotopic (exact) mass is 389 g/mol. The molecule has 0 radical (unpaired) electrons. The number of para-hydroxylation sites is 1. The van der Waals surface area contributed by atoms with Crippen molar-refractivity contribution in [2.24, 2.45) is 0 Å². The predicted molar refractivity (Wildman–Crippen MR) is 109 cm³/mol. The van der Waals surface area contributed by atoms with E-state index in [-0.39, 0.29) is 31.0 Å². The lowest BCUT2D eigenvalue weighted by Crippen LogP contribution is -2.63. The zero-order valence-electron chi connectivity index (χ0n) is 16.0. The van der Waals surface area contributed by atoms with Crippen LogP contribution in [0.1, 0.15) is 29.3 Å². The Labute approximate surface area is 168 Å². The van der Waals surface area contributed by atoms with Crippen molar-refractivity contribution < 1.29 is 14.7 Å². The van der Waals surface area contributed by atoms with Crippen LogP contribution in [-0.2, 0) is 16.0 Å². The van der Waals surface area contributed by atoms with E-state index in [2.05, 4.69) is 11.1 Å². The summed E-state index contributed by atoms with van der Waals surface area (Å²) < 4.78 is 0. The van der Waals surface area contributed by atoms with Gasteiger partial charge in [-0.25, -0.2) is 0 Å². The molecule has 1 fully saturated rings. The number of carbonyl (C=O) groups excluding carboxylic acids is 2. The van der Waals surface area contributed by atoms with E-state index in [9.17, 15) is 9.59 Å². The Morgan fingerprint density at radius 3 is 2.59 bits per heavy atom. The standard InChI is InChI=1S/C23H23N3O3/c27-12-6-11-25-14-20(28)26-19(23(25)29)13-17-16-9-4-5-10-18(16)24-21(17)22(26)15-7-2-1-3-8-15/h1-5,7-10,19,22,24,27H,6,11-14H2/t19-,22-/m1/s1. The molecule has 29 heavy (non-hydrogen) atoms. The number of amides is 2. The number of aromatic amines is 1. The average molecular weight is 389 g/mol. The molecule has 6 nitrogen and oxygen atoms in total. The Morgan fingerprint density at radius 2 is 1.79 bits per heavy atom. The number of H-pyrrole nitrogens is 1. The van der Waals surface area contributed by atoms with E-state index in [1.807, 2.05) is 48.5 Å². The van der Waals surface area contributed by atoms with Gasteiger partial charge in [0.05, 0.1) is 12.6 Å². The predicted octanol–water partition coefficient (Wildman–Crippen LogP) is 2.24. The van der Waals surface area contributed by atoms with Crippen molar-refractivity contribution in [2.75, 3.05) is 19.7 Å². The summed E-state index contributed by atoms with van der Waals surface area (Å²) in [5.74, 6) is -0.0828. The van der Waals surface area contributed by atoms with Crippen LogP contribution in [0, 0.1) is 0 Å². The summed E-state index contributed by atoms with van der Waals surface area (Å²) in [5, 5.41) is 10.3. The fourth-order valence-electron chi connectivity index (χ4n) is 4.76. The summed E-state index contributed by atoms with van der Waals surface area (Å²) in [6.45, 7) is 0.474. The second kappa shape index (κ2) is 7.04. The summed E-state index contributed by atoms with van der Waals surface area (Å²) in [4.78, 5) is 33.4. The van der Waals surface area contributed by atoms with E-state index in [0.29, 0.717) is 19.4 Å². The quantitative estimate of drug-likeness (QED) is 0.719. The van der Waals surface area contributed by atoms with Crippen LogP contribution in [0.2, 0.25) is 0 Å². The first-order chi connectivity index (χ1) is 14.2. The Kier molecular flexibility index (Phi) is 4.36. The maximum atomic E-state index is 13.3. The van der Waals surface area contributed by atoms with Crippen LogP contribution in [0.15, 0.2) is 54.6 Å². The lowest BCUT2D eigenvalue weighted by Gasteiger charge is -2.47. The van der Waals surface area contributed by atoms with Gasteiger partial charge < -0.3 is 19.9 Å². The third kappa shape index (κ3) is 2.83. The summed E-state index contributed by atoms with van der Waals surface area (Å²) in [6, 6.07) is 17.2. The lowest BCUT2D eigenvalue weighted by molar-refractivity contribution is -0.158. The highest BCUT2D eigenvalue weighted by Crippen LogP contribution is 2.42. The molecule has 0 saturated carbocycles. The highest BCUT2D eigenvalue weighted by atomic mass is 16.3. The van der Waals surface area contributed by atoms with Crippen LogP contribution >= 0.6 is 0 Å². The van der Waals surface area contributed by atoms with Crippen molar-refractivity contribution in [1.29, 1.82) is 0 Å². The zero-order valence-corrected chi connectivity index (χ0v) is 16.0. The van der Waals surface area contributed by atoms with Crippen molar-refractivity contribution in [2.45, 2.75) is 24.9 Å². The van der Waals surface area contributed by atoms with Gasteiger partial charge in [-0.3, -0.25) is 9.59 Å². The number of benzene rings is 2. The molecule has 0 bridgehead atoms. The van der Waals surface area contributed by atoms with Crippen molar-refractivity contribution in [3.8, 4) is 0 Å². The molecule has 148 valence electrons. The third-order valence-corrected chi connectivity index (χ3v) is 6.04. The van der Waals surface area contributed by atoms with Gasteiger partial charge in [-0.1, -0.05) is 48.5 Å². The van der Waals surface area contributed by atoms with Gasteiger partial charge in [0, 0.05) is 36.2 Å². The summed E-state index contributed by atoms with van der Waals surface area (Å²) in [7, 11) is 0. The maximum absolute atomic E-state index is 13.3. The fraction of sp³-hybridized carbons (Fsp3) is 0.304. The first-order valence-electron chi connectivity index (χ1n) is 10.0. The SMILES string of the molecule is O=C1[C@H]2Cc3c([nH]c4ccccc34)[C@@H](c3ccccc3)N2C(=O)CN1CCCO. The molecule has 0 spiro atoms. The molecule has 0 unspecified atom stereocenters. The fourth-order valence-corrected chi connectivity index (χ4v) is 4.76. The average Bonchev–Trinajstić information content (AvgIpc) is 3.13. The Morgan fingerprint density at radius 1 is 1.03 bits per heavy atom. The molecule has 1 saturated heterocycles. The number of piperazine rings is 1. The number of hydrogen-bond donors (Lipinski definition) is 2. The van der Waals surface area contributed by atoms with Gasteiger partial charge in [0.15, 0.2) is 0 Å². The number of fused-ring (bicyclic) bond motifs is 4. The van der Waals surface area contributed by atoms with E-state index in [0.717, 1.165) is 27.7 Å². The van der Waals surface area contributed by atoms with Crippen molar-refractivity contribution in [3.63, 3.8) is 0 Å². The highest BCUT2D eigenvalue weighted by molar-refractivity contribution is 5.97. The molecule has 2 atom stereocenters. The van der Waals surface area contributed by atoms with E-state index >= 15 is 0 Å². The normalized spacial score (nSPS) is 21.4. The molecule has 2 aliphatic heterocycles. The molecule has 3 heterocycles. The van der Waals surface area contributed by atoms with Crippen LogP contribution < -0.4 is 0 Å². The number of nitrogens with one attached hydrogen (secondary N) is 1. The van der Waals surface area contributed by atoms with Crippen LogP contribution in [0.5, 0.6) is 0 Å². The van der Waals surface area contributed by atoms with Gasteiger partial charge in [0.25, 0.3) is 0 Å². The van der Waals surface area contributed by atoms with Crippen molar-refractivity contribution in [3.05, 3.63) is 71.4 Å². The number of carbonyl (C=O) groups is 2. The smallest absolute Gasteiger partial charge is 0.246 e. The minimum atomic E-state index is -0.521. The number of aliphatic hydroxyl groups is 1. The van der Waals surface area contributed by atoms with E-state index in [4.69, 9.17) is 5.11 Å². The molecule has 2 amide bonds. The number of hydrogen-bond acceptors (Lipinski definition) is 3. The summed E-state index contributed by atoms with van der Waals surface area (Å²) in [5.41, 5.74) is 4.13. The van der Waals surface area contributed by atoms with Gasteiger partial charge in [0.2, 0.25) is 11.8 Å². The second-order valence-electron chi connectivity index (χ2n) is 7.73. The number of aliphatic hydroxyl groups excluding tert-OH is 1. The minimum absolute atomic E-state index is 0.00554. The van der Waals surface area contributed by atoms with Gasteiger partial charge in [-0.2, -0.15) is 0 Å². The van der Waals surface area contributed by atoms with Gasteiger partial charge in [-0.15, -0.1) is 0 Å². The minimum Gasteiger partial charge on any atom is -0.396 e. The molecule has 0 aliphatic carbocycles. The number of nitrogens with zero attached hydrogens (tertiary/aromatic N) is 2. The van der Waals surface area contributed by atoms with Gasteiger partial charge in [0.1, 0.15) is 6.04 Å². The summed E-state index contributed by atoms with van der Waals surface area (Å²) in [6.07, 6.45) is 0.981.